The van der Waals surface area contributed by atoms with Crippen LogP contribution in [0.2, 0.25) is 5.02 Å². The number of rotatable bonds is 2. The van der Waals surface area contributed by atoms with E-state index >= 15 is 0 Å². The zero-order valence-electron chi connectivity index (χ0n) is 26.3. The van der Waals surface area contributed by atoms with Gasteiger partial charge in [0.1, 0.15) is 11.4 Å². The zero-order valence-corrected chi connectivity index (χ0v) is 27.9. The van der Waals surface area contributed by atoms with Crippen LogP contribution in [0, 0.1) is 11.8 Å². The lowest BCUT2D eigenvalue weighted by Gasteiger charge is -2.46. The van der Waals surface area contributed by atoms with Crippen LogP contribution in [0.5, 0.6) is 5.75 Å². The van der Waals surface area contributed by atoms with Gasteiger partial charge in [-0.05, 0) is 99.2 Å². The second kappa shape index (κ2) is 12.4. The van der Waals surface area contributed by atoms with Gasteiger partial charge in [-0.15, -0.1) is 4.36 Å². The van der Waals surface area contributed by atoms with Crippen LogP contribution in [0.1, 0.15) is 57.6 Å². The van der Waals surface area contributed by atoms with Gasteiger partial charge in [-0.25, -0.2) is 4.21 Å². The molecule has 4 aliphatic rings. The van der Waals surface area contributed by atoms with E-state index in [2.05, 4.69) is 26.1 Å². The maximum atomic E-state index is 14.5. The van der Waals surface area contributed by atoms with Crippen LogP contribution in [-0.2, 0) is 40.8 Å². The lowest BCUT2D eigenvalue weighted by Crippen LogP contribution is -2.49. The Labute approximate surface area is 270 Å². The number of hydrogen-bond donors (Lipinski definition) is 1. The van der Waals surface area contributed by atoms with Crippen molar-refractivity contribution in [2.45, 2.75) is 74.9 Å². The highest BCUT2D eigenvalue weighted by molar-refractivity contribution is 7.92. The summed E-state index contributed by atoms with van der Waals surface area (Å²) >= 11 is 6.43. The third-order valence-electron chi connectivity index (χ3n) is 9.83. The number of anilines is 1. The van der Waals surface area contributed by atoms with Crippen molar-refractivity contribution in [2.24, 2.45) is 16.2 Å². The highest BCUT2D eigenvalue weighted by Crippen LogP contribution is 2.47. The van der Waals surface area contributed by atoms with Gasteiger partial charge in [0.25, 0.3) is 5.91 Å². The number of fused-ring (bicyclic) bond motifs is 4. The SMILES string of the molecule is CO[C@@H]1/C=C/COC(C)(C)C(=O)N=[S@@](=O)(NC(C)=O)c2ccc3c(c2)N(C[C@@H]2CC[C@H]21)C[C@@]1(CCCc2cc(Cl)ccc21)CO3. The molecule has 2 amide bonds. The molecule has 1 N–H and O–H groups in total. The molecule has 0 aromatic heterocycles. The number of nitrogens with zero attached hydrogens (tertiary/aromatic N) is 2. The number of carbonyl (C=O) groups is 2. The molecule has 5 atom stereocenters. The van der Waals surface area contributed by atoms with Gasteiger partial charge < -0.3 is 19.1 Å². The van der Waals surface area contributed by atoms with Crippen LogP contribution >= 0.6 is 11.6 Å². The Kier molecular flexibility index (Phi) is 8.80. The highest BCUT2D eigenvalue weighted by Gasteiger charge is 2.44. The van der Waals surface area contributed by atoms with Gasteiger partial charge in [-0.3, -0.25) is 14.3 Å². The lowest BCUT2D eigenvalue weighted by molar-refractivity contribution is -0.137. The van der Waals surface area contributed by atoms with Crippen molar-refractivity contribution in [1.82, 2.24) is 4.72 Å². The number of methoxy groups -OCH3 is 1. The Hall–Kier alpha value is -2.92. The number of benzene rings is 2. The summed E-state index contributed by atoms with van der Waals surface area (Å²) in [7, 11) is -1.97. The van der Waals surface area contributed by atoms with Gasteiger partial charge in [0.05, 0.1) is 29.9 Å². The number of nitrogens with one attached hydrogen (secondary N) is 1. The van der Waals surface area contributed by atoms with Crippen LogP contribution in [0.15, 0.2) is 57.8 Å². The van der Waals surface area contributed by atoms with E-state index in [9.17, 15) is 13.8 Å². The third-order valence-corrected chi connectivity index (χ3v) is 11.9. The summed E-state index contributed by atoms with van der Waals surface area (Å²) in [6.07, 6.45) is 8.83. The van der Waals surface area contributed by atoms with Gasteiger partial charge in [0.15, 0.2) is 9.92 Å². The van der Waals surface area contributed by atoms with Crippen LogP contribution in [0.3, 0.4) is 0 Å². The third kappa shape index (κ3) is 6.26. The van der Waals surface area contributed by atoms with Crippen LogP contribution < -0.4 is 14.4 Å². The average molecular weight is 656 g/mol. The Morgan fingerprint density at radius 2 is 2.02 bits per heavy atom. The molecule has 2 aliphatic heterocycles. The molecule has 2 aromatic rings. The lowest BCUT2D eigenvalue weighted by atomic mass is 9.68. The van der Waals surface area contributed by atoms with E-state index in [4.69, 9.17) is 25.8 Å². The van der Waals surface area contributed by atoms with Gasteiger partial charge >= 0.3 is 0 Å². The highest BCUT2D eigenvalue weighted by atomic mass is 35.5. The second-order valence-corrected chi connectivity index (χ2v) is 15.6. The first-order valence-corrected chi connectivity index (χ1v) is 17.6. The summed E-state index contributed by atoms with van der Waals surface area (Å²) in [5.41, 5.74) is 1.61. The number of aryl methyl sites for hydroxylation is 1. The molecule has 2 aromatic carbocycles. The molecule has 242 valence electrons. The molecule has 1 spiro atoms. The number of amides is 2. The van der Waals surface area contributed by atoms with Crippen molar-refractivity contribution >= 4 is 39.0 Å². The molecule has 1 saturated carbocycles. The Bertz CT molecular complexity index is 1650. The van der Waals surface area contributed by atoms with Gasteiger partial charge in [-0.2, -0.15) is 0 Å². The summed E-state index contributed by atoms with van der Waals surface area (Å²) in [5.74, 6) is 0.0161. The molecule has 1 fully saturated rings. The van der Waals surface area contributed by atoms with Gasteiger partial charge in [-0.1, -0.05) is 29.8 Å². The van der Waals surface area contributed by atoms with Crippen molar-refractivity contribution in [3.63, 3.8) is 0 Å². The minimum atomic E-state index is -3.70. The van der Waals surface area contributed by atoms with Crippen molar-refractivity contribution in [3.05, 3.63) is 64.7 Å². The van der Waals surface area contributed by atoms with Crippen LogP contribution in [-0.4, -0.2) is 61.1 Å². The quantitative estimate of drug-likeness (QED) is 0.419. The van der Waals surface area contributed by atoms with Crippen LogP contribution in [0.4, 0.5) is 5.69 Å². The maximum absolute atomic E-state index is 14.5. The largest absolute Gasteiger partial charge is 0.490 e. The molecule has 2 bridgehead atoms. The molecule has 6 rings (SSSR count). The van der Waals surface area contributed by atoms with E-state index < -0.39 is 27.3 Å². The summed E-state index contributed by atoms with van der Waals surface area (Å²) in [6.45, 7) is 6.49. The monoisotopic (exact) mass is 655 g/mol. The number of ether oxygens (including phenoxy) is 3. The van der Waals surface area contributed by atoms with Gasteiger partial charge in [0.2, 0.25) is 5.91 Å². The molecule has 0 saturated heterocycles. The zero-order chi connectivity index (χ0) is 32.0. The Morgan fingerprint density at radius 3 is 2.76 bits per heavy atom. The summed E-state index contributed by atoms with van der Waals surface area (Å²) in [6, 6.07) is 11.4. The summed E-state index contributed by atoms with van der Waals surface area (Å²) in [5, 5.41) is 0.730. The Balaban J connectivity index is 1.51. The van der Waals surface area contributed by atoms with Crippen molar-refractivity contribution in [2.75, 3.05) is 38.3 Å². The number of hydrogen-bond acceptors (Lipinski definition) is 7. The second-order valence-electron chi connectivity index (χ2n) is 13.3. The Morgan fingerprint density at radius 1 is 1.20 bits per heavy atom. The molecule has 0 unspecified atom stereocenters. The molecule has 0 radical (unpaired) electrons. The van der Waals surface area contributed by atoms with Crippen molar-refractivity contribution in [3.8, 4) is 5.75 Å². The maximum Gasteiger partial charge on any atom is 0.287 e. The first-order valence-electron chi connectivity index (χ1n) is 15.7. The normalized spacial score (nSPS) is 31.7. The van der Waals surface area contributed by atoms with Crippen LogP contribution in [0.25, 0.3) is 0 Å². The fourth-order valence-electron chi connectivity index (χ4n) is 7.26. The predicted molar refractivity (Wildman–Crippen MR) is 174 cm³/mol. The first kappa shape index (κ1) is 32.0. The molecular formula is C34H42ClN3O6S. The minimum absolute atomic E-state index is 0.0946. The predicted octanol–water partition coefficient (Wildman–Crippen LogP) is 5.62. The average Bonchev–Trinajstić information content (AvgIpc) is 3.12. The van der Waals surface area contributed by atoms with E-state index in [1.807, 2.05) is 18.2 Å². The molecule has 2 aliphatic carbocycles. The van der Waals surface area contributed by atoms with E-state index in [0.717, 1.165) is 49.4 Å². The molecule has 11 heteroatoms. The minimum Gasteiger partial charge on any atom is -0.490 e. The molecular weight excluding hydrogens is 614 g/mol. The van der Waals surface area contributed by atoms with E-state index in [1.54, 1.807) is 39.2 Å². The summed E-state index contributed by atoms with van der Waals surface area (Å²) in [4.78, 5) is 28.3. The fraction of sp³-hybridized carbons (Fsp3) is 0.529. The van der Waals surface area contributed by atoms with Gasteiger partial charge in [0, 0.05) is 37.6 Å². The molecule has 2 heterocycles. The van der Waals surface area contributed by atoms with E-state index in [0.29, 0.717) is 30.7 Å². The molecule has 45 heavy (non-hydrogen) atoms. The van der Waals surface area contributed by atoms with E-state index in [1.165, 1.54) is 18.1 Å². The van der Waals surface area contributed by atoms with E-state index in [-0.39, 0.29) is 23.0 Å². The van der Waals surface area contributed by atoms with Crippen molar-refractivity contribution < 1.29 is 28.0 Å². The van der Waals surface area contributed by atoms with Crippen molar-refractivity contribution in [1.29, 1.82) is 0 Å². The fourth-order valence-corrected chi connectivity index (χ4v) is 9.09. The molecule has 9 nitrogen and oxygen atoms in total. The number of carbonyl (C=O) groups excluding carboxylic acids is 2. The summed E-state index contributed by atoms with van der Waals surface area (Å²) < 4.78 is 39.5. The standard InChI is InChI=1S/C34H42ClN3O6S/c1-22(39)36-45(41)26-11-14-31-29(18-26)38(20-34(21-43-31)15-5-7-23-17-25(35)10-13-28(23)34)19-24-9-12-27(24)30(42-4)8-6-16-44-33(2,3)32(40)37-45/h6,8,10-11,13-14,17-18,24,27,30H,5,7,9,12,15-16,19-21H2,1-4H3,(H,36,37,39,40,41)/b8-6+/t24-,27+,30+,34-,45-/m0/s1. The topological polar surface area (TPSA) is 107 Å². The number of halogens is 1. The first-order chi connectivity index (χ1) is 21.4. The smallest absolute Gasteiger partial charge is 0.287 e.